The fourth-order valence-corrected chi connectivity index (χ4v) is 3.37. The Labute approximate surface area is 157 Å². The average Bonchev–Trinajstić information content (AvgIpc) is 2.66. The van der Waals surface area contributed by atoms with Crippen LogP contribution in [0.25, 0.3) is 0 Å². The van der Waals surface area contributed by atoms with E-state index >= 15 is 0 Å². The number of aliphatic imine (C=N–C) groups is 1. The summed E-state index contributed by atoms with van der Waals surface area (Å²) in [4.78, 5) is 9.40. The molecule has 0 saturated carbocycles. The van der Waals surface area contributed by atoms with Crippen molar-refractivity contribution >= 4 is 17.7 Å². The molecule has 5 nitrogen and oxygen atoms in total. The SMILES string of the molecule is CCN1CCN(Cc2ccccc2CNC(=NC)NCCSC)CC1. The van der Waals surface area contributed by atoms with Gasteiger partial charge in [-0.25, -0.2) is 0 Å². The van der Waals surface area contributed by atoms with Crippen molar-refractivity contribution in [2.45, 2.75) is 20.0 Å². The van der Waals surface area contributed by atoms with E-state index in [9.17, 15) is 0 Å². The standard InChI is InChI=1S/C19H33N5S/c1-4-23-10-12-24(13-11-23)16-18-8-6-5-7-17(18)15-22-19(20-2)21-9-14-25-3/h5-8H,4,9-16H2,1-3H3,(H2,20,21,22). The summed E-state index contributed by atoms with van der Waals surface area (Å²) in [6.07, 6.45) is 2.12. The molecule has 140 valence electrons. The Morgan fingerprint density at radius 1 is 1.08 bits per heavy atom. The zero-order valence-corrected chi connectivity index (χ0v) is 16.7. The Bertz CT molecular complexity index is 526. The van der Waals surface area contributed by atoms with E-state index in [2.05, 4.69) is 62.9 Å². The first-order chi connectivity index (χ1) is 12.3. The molecule has 1 fully saturated rings. The lowest BCUT2D eigenvalue weighted by molar-refractivity contribution is 0.131. The van der Waals surface area contributed by atoms with E-state index in [1.165, 1.54) is 24.2 Å². The van der Waals surface area contributed by atoms with Gasteiger partial charge in [0.05, 0.1) is 0 Å². The maximum Gasteiger partial charge on any atom is 0.191 e. The summed E-state index contributed by atoms with van der Waals surface area (Å²) in [6, 6.07) is 8.75. The number of hydrogen-bond acceptors (Lipinski definition) is 4. The fraction of sp³-hybridized carbons (Fsp3) is 0.632. The minimum Gasteiger partial charge on any atom is -0.356 e. The van der Waals surface area contributed by atoms with Crippen LogP contribution in [-0.4, -0.2) is 74.1 Å². The van der Waals surface area contributed by atoms with Crippen molar-refractivity contribution in [1.82, 2.24) is 20.4 Å². The molecule has 0 spiro atoms. The molecular formula is C19H33N5S. The van der Waals surface area contributed by atoms with Crippen molar-refractivity contribution in [3.05, 3.63) is 35.4 Å². The molecule has 1 heterocycles. The number of guanidine groups is 1. The van der Waals surface area contributed by atoms with Gasteiger partial charge in [0.2, 0.25) is 0 Å². The monoisotopic (exact) mass is 363 g/mol. The molecule has 1 aliphatic heterocycles. The third-order valence-corrected chi connectivity index (χ3v) is 5.31. The van der Waals surface area contributed by atoms with Crippen molar-refractivity contribution in [3.63, 3.8) is 0 Å². The van der Waals surface area contributed by atoms with Crippen LogP contribution < -0.4 is 10.6 Å². The number of thioether (sulfide) groups is 1. The van der Waals surface area contributed by atoms with Crippen LogP contribution in [0.1, 0.15) is 18.1 Å². The number of hydrogen-bond donors (Lipinski definition) is 2. The molecule has 1 aliphatic rings. The molecule has 0 unspecified atom stereocenters. The summed E-state index contributed by atoms with van der Waals surface area (Å²) < 4.78 is 0. The van der Waals surface area contributed by atoms with E-state index in [-0.39, 0.29) is 0 Å². The van der Waals surface area contributed by atoms with Crippen LogP contribution in [0.2, 0.25) is 0 Å². The third kappa shape index (κ3) is 6.88. The predicted octanol–water partition coefficient (Wildman–Crippen LogP) is 1.85. The second-order valence-electron chi connectivity index (χ2n) is 6.32. The molecule has 1 saturated heterocycles. The summed E-state index contributed by atoms with van der Waals surface area (Å²) in [5.74, 6) is 1.96. The van der Waals surface area contributed by atoms with Crippen molar-refractivity contribution in [2.75, 3.05) is 58.3 Å². The number of likely N-dealkylation sites (N-methyl/N-ethyl adjacent to an activating group) is 1. The molecule has 25 heavy (non-hydrogen) atoms. The van der Waals surface area contributed by atoms with Crippen molar-refractivity contribution in [2.24, 2.45) is 4.99 Å². The topological polar surface area (TPSA) is 42.9 Å². The predicted molar refractivity (Wildman–Crippen MR) is 110 cm³/mol. The Morgan fingerprint density at radius 3 is 2.40 bits per heavy atom. The van der Waals surface area contributed by atoms with Crippen LogP contribution in [-0.2, 0) is 13.1 Å². The molecular weight excluding hydrogens is 330 g/mol. The number of benzene rings is 1. The van der Waals surface area contributed by atoms with Gasteiger partial charge in [0.1, 0.15) is 0 Å². The summed E-state index contributed by atoms with van der Waals surface area (Å²) in [5, 5.41) is 6.80. The van der Waals surface area contributed by atoms with Crippen LogP contribution in [0, 0.1) is 0 Å². The summed E-state index contributed by atoms with van der Waals surface area (Å²) in [7, 11) is 1.83. The zero-order chi connectivity index (χ0) is 17.9. The van der Waals surface area contributed by atoms with Crippen LogP contribution in [0.4, 0.5) is 0 Å². The molecule has 2 N–H and O–H groups in total. The van der Waals surface area contributed by atoms with Gasteiger partial charge in [0.25, 0.3) is 0 Å². The van der Waals surface area contributed by atoms with Gasteiger partial charge in [-0.1, -0.05) is 31.2 Å². The Morgan fingerprint density at radius 2 is 1.76 bits per heavy atom. The van der Waals surface area contributed by atoms with E-state index in [4.69, 9.17) is 0 Å². The van der Waals surface area contributed by atoms with Crippen LogP contribution in [0.5, 0.6) is 0 Å². The Balaban J connectivity index is 1.87. The first kappa shape index (κ1) is 20.1. The fourth-order valence-electron chi connectivity index (χ4n) is 3.06. The molecule has 2 rings (SSSR count). The molecule has 0 radical (unpaired) electrons. The van der Waals surface area contributed by atoms with Crippen molar-refractivity contribution in [3.8, 4) is 0 Å². The van der Waals surface area contributed by atoms with Gasteiger partial charge < -0.3 is 15.5 Å². The Hall–Kier alpha value is -1.24. The Kier molecular flexibility index (Phi) is 9.15. The smallest absolute Gasteiger partial charge is 0.191 e. The van der Waals surface area contributed by atoms with Gasteiger partial charge in [-0.05, 0) is 23.9 Å². The van der Waals surface area contributed by atoms with E-state index in [1.807, 2.05) is 18.8 Å². The first-order valence-corrected chi connectivity index (χ1v) is 10.6. The van der Waals surface area contributed by atoms with Gasteiger partial charge in [0.15, 0.2) is 5.96 Å². The van der Waals surface area contributed by atoms with Crippen LogP contribution >= 0.6 is 11.8 Å². The molecule has 0 atom stereocenters. The van der Waals surface area contributed by atoms with E-state index < -0.39 is 0 Å². The van der Waals surface area contributed by atoms with Crippen molar-refractivity contribution in [1.29, 1.82) is 0 Å². The largest absolute Gasteiger partial charge is 0.356 e. The minimum atomic E-state index is 0.810. The molecule has 0 aromatic heterocycles. The number of nitrogens with one attached hydrogen (secondary N) is 2. The molecule has 0 bridgehead atoms. The molecule has 6 heteroatoms. The molecule has 0 amide bonds. The zero-order valence-electron chi connectivity index (χ0n) is 15.9. The number of nitrogens with zero attached hydrogens (tertiary/aromatic N) is 3. The molecule has 1 aromatic rings. The minimum absolute atomic E-state index is 0.810. The summed E-state index contributed by atoms with van der Waals surface area (Å²) >= 11 is 1.84. The lowest BCUT2D eigenvalue weighted by Gasteiger charge is -2.34. The quantitative estimate of drug-likeness (QED) is 0.419. The highest BCUT2D eigenvalue weighted by molar-refractivity contribution is 7.98. The third-order valence-electron chi connectivity index (χ3n) is 4.69. The second-order valence-corrected chi connectivity index (χ2v) is 7.31. The van der Waals surface area contributed by atoms with Gasteiger partial charge >= 0.3 is 0 Å². The van der Waals surface area contributed by atoms with E-state index in [0.29, 0.717) is 0 Å². The van der Waals surface area contributed by atoms with Gasteiger partial charge in [-0.15, -0.1) is 0 Å². The summed E-state index contributed by atoms with van der Waals surface area (Å²) in [6.45, 7) is 10.9. The van der Waals surface area contributed by atoms with E-state index in [0.717, 1.165) is 51.0 Å². The highest BCUT2D eigenvalue weighted by Gasteiger charge is 2.16. The van der Waals surface area contributed by atoms with Gasteiger partial charge in [-0.2, -0.15) is 11.8 Å². The van der Waals surface area contributed by atoms with Crippen LogP contribution in [0.15, 0.2) is 29.3 Å². The highest BCUT2D eigenvalue weighted by Crippen LogP contribution is 2.13. The average molecular weight is 364 g/mol. The van der Waals surface area contributed by atoms with Crippen LogP contribution in [0.3, 0.4) is 0 Å². The summed E-state index contributed by atoms with van der Waals surface area (Å²) in [5.41, 5.74) is 2.77. The van der Waals surface area contributed by atoms with E-state index in [1.54, 1.807) is 0 Å². The maximum absolute atomic E-state index is 4.31. The van der Waals surface area contributed by atoms with Gasteiger partial charge in [-0.3, -0.25) is 9.89 Å². The lowest BCUT2D eigenvalue weighted by Crippen LogP contribution is -2.45. The highest BCUT2D eigenvalue weighted by atomic mass is 32.2. The van der Waals surface area contributed by atoms with Crippen molar-refractivity contribution < 1.29 is 0 Å². The normalized spacial score (nSPS) is 16.8. The van der Waals surface area contributed by atoms with Gasteiger partial charge in [0, 0.05) is 58.6 Å². The first-order valence-electron chi connectivity index (χ1n) is 9.21. The number of rotatable bonds is 8. The maximum atomic E-state index is 4.31. The molecule has 1 aromatic carbocycles. The second kappa shape index (κ2) is 11.4. The number of piperazine rings is 1. The lowest BCUT2D eigenvalue weighted by atomic mass is 10.1. The molecule has 0 aliphatic carbocycles.